The number of carbonyl (C=O) groups excluding carboxylic acids is 1. The Hall–Kier alpha value is -2.93. The van der Waals surface area contributed by atoms with Gasteiger partial charge in [0.2, 0.25) is 0 Å². The molecule has 7 heteroatoms. The fourth-order valence-electron chi connectivity index (χ4n) is 2.23. The number of nitrogens with one attached hydrogen (secondary N) is 1. The van der Waals surface area contributed by atoms with Crippen LogP contribution in [0.25, 0.3) is 5.65 Å². The zero-order valence-electron chi connectivity index (χ0n) is 13.5. The number of ether oxygens (including phenoxy) is 2. The van der Waals surface area contributed by atoms with Crippen molar-refractivity contribution in [2.45, 2.75) is 19.6 Å². The van der Waals surface area contributed by atoms with Crippen molar-refractivity contribution in [3.8, 4) is 5.75 Å². The molecule has 2 aromatic heterocycles. The lowest BCUT2D eigenvalue weighted by Crippen LogP contribution is -2.30. The maximum absolute atomic E-state index is 12.4. The van der Waals surface area contributed by atoms with E-state index < -0.39 is 6.10 Å². The number of methoxy groups -OCH3 is 1. The van der Waals surface area contributed by atoms with Crippen LogP contribution in [0.15, 0.2) is 48.7 Å². The Morgan fingerprint density at radius 2 is 2.04 bits per heavy atom. The van der Waals surface area contributed by atoms with Gasteiger partial charge in [-0.3, -0.25) is 4.79 Å². The van der Waals surface area contributed by atoms with Gasteiger partial charge in [0.15, 0.2) is 17.6 Å². The maximum Gasteiger partial charge on any atom is 0.265 e. The molecule has 0 radical (unpaired) electrons. The zero-order chi connectivity index (χ0) is 16.9. The third-order valence-corrected chi connectivity index (χ3v) is 3.36. The van der Waals surface area contributed by atoms with Crippen LogP contribution in [0.2, 0.25) is 0 Å². The molecule has 1 atom stereocenters. The van der Waals surface area contributed by atoms with Crippen molar-refractivity contribution in [2.24, 2.45) is 0 Å². The number of pyridine rings is 1. The Balaban J connectivity index is 1.75. The van der Waals surface area contributed by atoms with Crippen LogP contribution in [0.4, 0.5) is 5.69 Å². The van der Waals surface area contributed by atoms with Crippen molar-refractivity contribution in [2.75, 3.05) is 12.4 Å². The highest BCUT2D eigenvalue weighted by molar-refractivity contribution is 5.97. The van der Waals surface area contributed by atoms with Gasteiger partial charge in [0.05, 0.1) is 5.69 Å². The van der Waals surface area contributed by atoms with E-state index >= 15 is 0 Å². The number of carbonyl (C=O) groups is 1. The van der Waals surface area contributed by atoms with E-state index in [0.29, 0.717) is 29.5 Å². The minimum absolute atomic E-state index is 0.261. The first-order valence-corrected chi connectivity index (χ1v) is 7.53. The van der Waals surface area contributed by atoms with E-state index in [0.717, 1.165) is 0 Å². The molecule has 0 saturated carbocycles. The second-order valence-corrected chi connectivity index (χ2v) is 5.21. The summed E-state index contributed by atoms with van der Waals surface area (Å²) in [5.41, 5.74) is 1.13. The number of nitrogens with zero attached hydrogens (tertiary/aromatic N) is 3. The van der Waals surface area contributed by atoms with Crippen LogP contribution in [-0.2, 0) is 16.1 Å². The van der Waals surface area contributed by atoms with Crippen molar-refractivity contribution < 1.29 is 14.3 Å². The lowest BCUT2D eigenvalue weighted by atomic mass is 10.3. The molecule has 1 amide bonds. The Labute approximate surface area is 139 Å². The van der Waals surface area contributed by atoms with Gasteiger partial charge in [0, 0.05) is 13.3 Å². The van der Waals surface area contributed by atoms with Crippen molar-refractivity contribution in [3.05, 3.63) is 54.5 Å². The number of hydrogen-bond donors (Lipinski definition) is 1. The molecule has 0 aliphatic carbocycles. The molecule has 0 aliphatic heterocycles. The lowest BCUT2D eigenvalue weighted by molar-refractivity contribution is -0.122. The lowest BCUT2D eigenvalue weighted by Gasteiger charge is -2.14. The fraction of sp³-hybridized carbons (Fsp3) is 0.235. The largest absolute Gasteiger partial charge is 0.481 e. The van der Waals surface area contributed by atoms with Crippen LogP contribution in [-0.4, -0.2) is 33.7 Å². The zero-order valence-corrected chi connectivity index (χ0v) is 13.5. The van der Waals surface area contributed by atoms with Crippen LogP contribution in [0.3, 0.4) is 0 Å². The van der Waals surface area contributed by atoms with Crippen LogP contribution >= 0.6 is 0 Å². The maximum atomic E-state index is 12.4. The molecule has 0 saturated heterocycles. The summed E-state index contributed by atoms with van der Waals surface area (Å²) in [5, 5.41) is 7.11. The second kappa shape index (κ2) is 7.10. The topological polar surface area (TPSA) is 77.8 Å². The third-order valence-electron chi connectivity index (χ3n) is 3.36. The van der Waals surface area contributed by atoms with E-state index in [2.05, 4.69) is 15.4 Å². The van der Waals surface area contributed by atoms with Crippen LogP contribution in [0, 0.1) is 0 Å². The SMILES string of the molecule is COCc1nc2c(NC(=O)C(C)Oc3ccccc3)cccn2n1. The molecule has 1 unspecified atom stereocenters. The van der Waals surface area contributed by atoms with Gasteiger partial charge in [-0.1, -0.05) is 18.2 Å². The predicted octanol–water partition coefficient (Wildman–Crippen LogP) is 2.28. The van der Waals surface area contributed by atoms with Gasteiger partial charge in [0.25, 0.3) is 5.91 Å². The normalized spacial score (nSPS) is 12.1. The van der Waals surface area contributed by atoms with Crippen molar-refractivity contribution in [1.29, 1.82) is 0 Å². The first-order chi connectivity index (χ1) is 11.7. The smallest absolute Gasteiger partial charge is 0.265 e. The van der Waals surface area contributed by atoms with Gasteiger partial charge in [-0.2, -0.15) is 0 Å². The van der Waals surface area contributed by atoms with E-state index in [4.69, 9.17) is 9.47 Å². The molecule has 2 heterocycles. The number of anilines is 1. The molecule has 0 fully saturated rings. The number of amides is 1. The summed E-state index contributed by atoms with van der Waals surface area (Å²) in [6.07, 6.45) is 1.12. The van der Waals surface area contributed by atoms with Crippen molar-refractivity contribution >= 4 is 17.2 Å². The summed E-state index contributed by atoms with van der Waals surface area (Å²) in [6.45, 7) is 2.01. The summed E-state index contributed by atoms with van der Waals surface area (Å²) < 4.78 is 12.3. The van der Waals surface area contributed by atoms with Gasteiger partial charge in [-0.25, -0.2) is 9.50 Å². The molecule has 0 aliphatic rings. The minimum Gasteiger partial charge on any atom is -0.481 e. The molecule has 7 nitrogen and oxygen atoms in total. The predicted molar refractivity (Wildman–Crippen MR) is 88.9 cm³/mol. The average Bonchev–Trinajstić information content (AvgIpc) is 3.00. The third kappa shape index (κ3) is 3.52. The van der Waals surface area contributed by atoms with E-state index in [1.807, 2.05) is 18.2 Å². The fourth-order valence-corrected chi connectivity index (χ4v) is 2.23. The molecule has 0 bridgehead atoms. The number of para-hydroxylation sites is 1. The summed E-state index contributed by atoms with van der Waals surface area (Å²) >= 11 is 0. The van der Waals surface area contributed by atoms with E-state index in [-0.39, 0.29) is 5.91 Å². The van der Waals surface area contributed by atoms with E-state index in [1.54, 1.807) is 49.0 Å². The Morgan fingerprint density at radius 1 is 1.25 bits per heavy atom. The highest BCUT2D eigenvalue weighted by atomic mass is 16.5. The molecule has 0 spiro atoms. The first-order valence-electron chi connectivity index (χ1n) is 7.53. The van der Waals surface area contributed by atoms with Gasteiger partial charge < -0.3 is 14.8 Å². The molecule has 1 N–H and O–H groups in total. The molecule has 3 rings (SSSR count). The number of rotatable bonds is 6. The summed E-state index contributed by atoms with van der Waals surface area (Å²) in [6, 6.07) is 12.8. The number of hydrogen-bond acceptors (Lipinski definition) is 5. The molecule has 1 aromatic carbocycles. The standard InChI is InChI=1S/C17H18N4O3/c1-12(24-13-7-4-3-5-8-13)17(22)18-14-9-6-10-21-16(14)19-15(20-21)11-23-2/h3-10,12H,11H2,1-2H3,(H,18,22). The van der Waals surface area contributed by atoms with E-state index in [1.165, 1.54) is 0 Å². The summed E-state index contributed by atoms with van der Waals surface area (Å²) in [5.74, 6) is 0.930. The number of fused-ring (bicyclic) bond motifs is 1. The Kier molecular flexibility index (Phi) is 4.72. The molecule has 124 valence electrons. The highest BCUT2D eigenvalue weighted by Crippen LogP contribution is 2.17. The molecular formula is C17H18N4O3. The van der Waals surface area contributed by atoms with Crippen LogP contribution < -0.4 is 10.1 Å². The average molecular weight is 326 g/mol. The van der Waals surface area contributed by atoms with Crippen molar-refractivity contribution in [3.63, 3.8) is 0 Å². The molecule has 3 aromatic rings. The Morgan fingerprint density at radius 3 is 2.79 bits per heavy atom. The van der Waals surface area contributed by atoms with Crippen LogP contribution in [0.5, 0.6) is 5.75 Å². The summed E-state index contributed by atoms with van der Waals surface area (Å²) in [7, 11) is 1.58. The molecular weight excluding hydrogens is 308 g/mol. The monoisotopic (exact) mass is 326 g/mol. The van der Waals surface area contributed by atoms with Gasteiger partial charge in [-0.15, -0.1) is 5.10 Å². The second-order valence-electron chi connectivity index (χ2n) is 5.21. The minimum atomic E-state index is -0.644. The van der Waals surface area contributed by atoms with Gasteiger partial charge >= 0.3 is 0 Å². The quantitative estimate of drug-likeness (QED) is 0.752. The van der Waals surface area contributed by atoms with Gasteiger partial charge in [-0.05, 0) is 31.2 Å². The first kappa shape index (κ1) is 15.9. The van der Waals surface area contributed by atoms with E-state index in [9.17, 15) is 4.79 Å². The van der Waals surface area contributed by atoms with Crippen molar-refractivity contribution in [1.82, 2.24) is 14.6 Å². The number of aromatic nitrogens is 3. The molecule has 24 heavy (non-hydrogen) atoms. The van der Waals surface area contributed by atoms with Gasteiger partial charge in [0.1, 0.15) is 12.4 Å². The highest BCUT2D eigenvalue weighted by Gasteiger charge is 2.17. The summed E-state index contributed by atoms with van der Waals surface area (Å²) in [4.78, 5) is 16.7. The van der Waals surface area contributed by atoms with Crippen LogP contribution in [0.1, 0.15) is 12.7 Å². The Bertz CT molecular complexity index is 832. The number of benzene rings is 1.